The molecule has 0 bridgehead atoms. The van der Waals surface area contributed by atoms with Crippen molar-refractivity contribution in [2.45, 2.75) is 44.6 Å². The molecular weight excluding hydrogens is 242 g/mol. The number of hydrogen-bond donors (Lipinski definition) is 1. The molecule has 1 aliphatic heterocycles. The summed E-state index contributed by atoms with van der Waals surface area (Å²) in [5, 5.41) is 3.12. The van der Waals surface area contributed by atoms with Gasteiger partial charge in [-0.15, -0.1) is 0 Å². The summed E-state index contributed by atoms with van der Waals surface area (Å²) >= 11 is 0. The topological polar surface area (TPSA) is 56.3 Å². The van der Waals surface area contributed by atoms with Gasteiger partial charge in [-0.05, 0) is 32.6 Å². The molecule has 5 heteroatoms. The number of nitrogens with one attached hydrogen (secondary N) is 1. The fourth-order valence-electron chi connectivity index (χ4n) is 2.37. The first kappa shape index (κ1) is 12.7. The van der Waals surface area contributed by atoms with Gasteiger partial charge in [0, 0.05) is 19.6 Å². The van der Waals surface area contributed by atoms with Gasteiger partial charge in [-0.25, -0.2) is 4.98 Å². The van der Waals surface area contributed by atoms with Crippen LogP contribution in [-0.4, -0.2) is 36.3 Å². The molecule has 1 N–H and O–H groups in total. The zero-order valence-corrected chi connectivity index (χ0v) is 11.6. The fourth-order valence-corrected chi connectivity index (χ4v) is 2.37. The molecule has 0 aromatic carbocycles. The molecular formula is C14H21N3O2. The molecule has 1 aliphatic carbocycles. The van der Waals surface area contributed by atoms with E-state index < -0.39 is 0 Å². The van der Waals surface area contributed by atoms with E-state index in [0.29, 0.717) is 18.4 Å². The minimum atomic E-state index is 0.219. The van der Waals surface area contributed by atoms with Gasteiger partial charge in [0.1, 0.15) is 18.2 Å². The molecule has 3 rings (SSSR count). The maximum atomic E-state index is 5.87. The monoisotopic (exact) mass is 263 g/mol. The van der Waals surface area contributed by atoms with Crippen LogP contribution in [0.4, 0.5) is 5.82 Å². The first-order valence-corrected chi connectivity index (χ1v) is 7.08. The van der Waals surface area contributed by atoms with Gasteiger partial charge in [0.25, 0.3) is 0 Å². The summed E-state index contributed by atoms with van der Waals surface area (Å²) in [5.74, 6) is 3.02. The van der Waals surface area contributed by atoms with Crippen molar-refractivity contribution in [1.29, 1.82) is 0 Å². The van der Waals surface area contributed by atoms with Gasteiger partial charge < -0.3 is 14.8 Å². The van der Waals surface area contributed by atoms with Crippen LogP contribution in [0, 0.1) is 6.92 Å². The smallest absolute Gasteiger partial charge is 0.221 e. The zero-order valence-electron chi connectivity index (χ0n) is 11.6. The van der Waals surface area contributed by atoms with Crippen LogP contribution in [0.1, 0.15) is 43.0 Å². The minimum absolute atomic E-state index is 0.219. The number of rotatable bonds is 5. The largest absolute Gasteiger partial charge is 0.475 e. The second-order valence-electron chi connectivity index (χ2n) is 5.33. The number of nitrogens with zero attached hydrogens (tertiary/aromatic N) is 2. The van der Waals surface area contributed by atoms with E-state index in [9.17, 15) is 0 Å². The Morgan fingerprint density at radius 2 is 2.16 bits per heavy atom. The van der Waals surface area contributed by atoms with Gasteiger partial charge in [-0.2, -0.15) is 4.98 Å². The molecule has 104 valence electrons. The predicted molar refractivity (Wildman–Crippen MR) is 72.8 cm³/mol. The first-order valence-electron chi connectivity index (χ1n) is 7.08. The Kier molecular flexibility index (Phi) is 3.55. The van der Waals surface area contributed by atoms with Crippen LogP contribution < -0.4 is 10.1 Å². The van der Waals surface area contributed by atoms with Crippen molar-refractivity contribution >= 4 is 5.82 Å². The SMILES string of the molecule is CNc1nc(C2CC2)nc(OCC2CCCO2)c1C. The Hall–Kier alpha value is -1.36. The standard InChI is InChI=1S/C14H21N3O2/c1-9-12(15-2)16-13(10-5-6-10)17-14(9)19-8-11-4-3-7-18-11/h10-11H,3-8H2,1-2H3,(H,15,16,17). The summed E-state index contributed by atoms with van der Waals surface area (Å²) in [6.45, 7) is 3.43. The van der Waals surface area contributed by atoms with Crippen LogP contribution in [0.3, 0.4) is 0 Å². The third-order valence-electron chi connectivity index (χ3n) is 3.73. The van der Waals surface area contributed by atoms with E-state index in [1.165, 1.54) is 12.8 Å². The van der Waals surface area contributed by atoms with Gasteiger partial charge >= 0.3 is 0 Å². The Morgan fingerprint density at radius 1 is 1.32 bits per heavy atom. The fraction of sp³-hybridized carbons (Fsp3) is 0.714. The van der Waals surface area contributed by atoms with E-state index in [-0.39, 0.29) is 6.10 Å². The lowest BCUT2D eigenvalue weighted by molar-refractivity contribution is 0.0659. The highest BCUT2D eigenvalue weighted by Crippen LogP contribution is 2.39. The van der Waals surface area contributed by atoms with Gasteiger partial charge in [0.15, 0.2) is 0 Å². The quantitative estimate of drug-likeness (QED) is 0.883. The van der Waals surface area contributed by atoms with Crippen molar-refractivity contribution < 1.29 is 9.47 Å². The molecule has 1 saturated carbocycles. The van der Waals surface area contributed by atoms with E-state index in [0.717, 1.165) is 36.7 Å². The third kappa shape index (κ3) is 2.81. The Balaban J connectivity index is 1.75. The van der Waals surface area contributed by atoms with Crippen LogP contribution in [-0.2, 0) is 4.74 Å². The van der Waals surface area contributed by atoms with E-state index >= 15 is 0 Å². The average Bonchev–Trinajstić information content (AvgIpc) is 3.14. The summed E-state index contributed by atoms with van der Waals surface area (Å²) in [7, 11) is 1.88. The van der Waals surface area contributed by atoms with Crippen molar-refractivity contribution in [2.24, 2.45) is 0 Å². The Labute approximate surface area is 113 Å². The van der Waals surface area contributed by atoms with Crippen LogP contribution in [0.5, 0.6) is 5.88 Å². The van der Waals surface area contributed by atoms with Crippen molar-refractivity contribution in [2.75, 3.05) is 25.6 Å². The van der Waals surface area contributed by atoms with E-state index in [2.05, 4.69) is 15.3 Å². The molecule has 1 atom stereocenters. The van der Waals surface area contributed by atoms with Crippen LogP contribution in [0.15, 0.2) is 0 Å². The molecule has 2 heterocycles. The maximum Gasteiger partial charge on any atom is 0.221 e. The molecule has 0 amide bonds. The summed E-state index contributed by atoms with van der Waals surface area (Å²) in [6.07, 6.45) is 4.82. The van der Waals surface area contributed by atoms with Crippen molar-refractivity contribution in [1.82, 2.24) is 9.97 Å². The molecule has 2 aliphatic rings. The number of hydrogen-bond acceptors (Lipinski definition) is 5. The summed E-state index contributed by atoms with van der Waals surface area (Å²) in [6, 6.07) is 0. The van der Waals surface area contributed by atoms with Gasteiger partial charge in [0.2, 0.25) is 5.88 Å². The molecule has 5 nitrogen and oxygen atoms in total. The Morgan fingerprint density at radius 3 is 2.79 bits per heavy atom. The van der Waals surface area contributed by atoms with E-state index in [1.54, 1.807) is 0 Å². The molecule has 1 aromatic rings. The number of aromatic nitrogens is 2. The molecule has 19 heavy (non-hydrogen) atoms. The highest BCUT2D eigenvalue weighted by molar-refractivity contribution is 5.48. The van der Waals surface area contributed by atoms with E-state index in [4.69, 9.17) is 9.47 Å². The number of anilines is 1. The van der Waals surface area contributed by atoms with Crippen LogP contribution in [0.2, 0.25) is 0 Å². The minimum Gasteiger partial charge on any atom is -0.475 e. The van der Waals surface area contributed by atoms with Gasteiger partial charge in [0.05, 0.1) is 11.7 Å². The summed E-state index contributed by atoms with van der Waals surface area (Å²) in [5.41, 5.74) is 0.977. The normalized spacial score (nSPS) is 22.5. The molecule has 0 radical (unpaired) electrons. The molecule has 1 saturated heterocycles. The Bertz CT molecular complexity index is 454. The van der Waals surface area contributed by atoms with Gasteiger partial charge in [-0.1, -0.05) is 0 Å². The van der Waals surface area contributed by atoms with Gasteiger partial charge in [-0.3, -0.25) is 0 Å². The average molecular weight is 263 g/mol. The molecule has 1 unspecified atom stereocenters. The lowest BCUT2D eigenvalue weighted by Crippen LogP contribution is -2.18. The van der Waals surface area contributed by atoms with E-state index in [1.807, 2.05) is 14.0 Å². The highest BCUT2D eigenvalue weighted by atomic mass is 16.5. The second-order valence-corrected chi connectivity index (χ2v) is 5.33. The maximum absolute atomic E-state index is 5.87. The van der Waals surface area contributed by atoms with Crippen molar-refractivity contribution in [3.05, 3.63) is 11.4 Å². The van der Waals surface area contributed by atoms with Crippen LogP contribution in [0.25, 0.3) is 0 Å². The van der Waals surface area contributed by atoms with Crippen molar-refractivity contribution in [3.8, 4) is 5.88 Å². The first-order chi connectivity index (χ1) is 9.28. The molecule has 1 aromatic heterocycles. The molecule has 0 spiro atoms. The van der Waals surface area contributed by atoms with Crippen LogP contribution >= 0.6 is 0 Å². The summed E-state index contributed by atoms with van der Waals surface area (Å²) in [4.78, 5) is 9.13. The second kappa shape index (κ2) is 5.33. The third-order valence-corrected chi connectivity index (χ3v) is 3.73. The molecule has 2 fully saturated rings. The highest BCUT2D eigenvalue weighted by Gasteiger charge is 2.28. The lowest BCUT2D eigenvalue weighted by Gasteiger charge is -2.15. The number of ether oxygens (including phenoxy) is 2. The predicted octanol–water partition coefficient (Wildman–Crippen LogP) is 2.26. The zero-order chi connectivity index (χ0) is 13.2. The lowest BCUT2D eigenvalue weighted by atomic mass is 10.2. The summed E-state index contributed by atoms with van der Waals surface area (Å²) < 4.78 is 11.4. The van der Waals surface area contributed by atoms with Crippen molar-refractivity contribution in [3.63, 3.8) is 0 Å².